The van der Waals surface area contributed by atoms with Crippen LogP contribution in [0.2, 0.25) is 0 Å². The summed E-state index contributed by atoms with van der Waals surface area (Å²) in [7, 11) is 0. The van der Waals surface area contributed by atoms with Crippen molar-refractivity contribution < 1.29 is 9.50 Å². The summed E-state index contributed by atoms with van der Waals surface area (Å²) in [6.07, 6.45) is 1.92. The number of rotatable bonds is 2. The van der Waals surface area contributed by atoms with Gasteiger partial charge in [0, 0.05) is 0 Å². The van der Waals surface area contributed by atoms with Crippen molar-refractivity contribution in [2.45, 2.75) is 25.4 Å². The van der Waals surface area contributed by atoms with Crippen LogP contribution in [0.15, 0.2) is 24.3 Å². The molecule has 2 rings (SSSR count). The molecule has 1 atom stereocenters. The highest BCUT2D eigenvalue weighted by Gasteiger charge is 2.43. The molecule has 13 heavy (non-hydrogen) atoms. The van der Waals surface area contributed by atoms with Crippen molar-refractivity contribution >= 4 is 0 Å². The van der Waals surface area contributed by atoms with Gasteiger partial charge in [-0.15, -0.1) is 0 Å². The van der Waals surface area contributed by atoms with Crippen LogP contribution in [0.1, 0.15) is 25.3 Å². The molecule has 1 saturated carbocycles. The maximum atomic E-state index is 14.1. The molecule has 1 nitrogen and oxygen atoms in total. The van der Waals surface area contributed by atoms with E-state index in [1.165, 1.54) is 6.07 Å². The molecular weight excluding hydrogens is 167 g/mol. The predicted molar refractivity (Wildman–Crippen MR) is 49.3 cm³/mol. The zero-order chi connectivity index (χ0) is 9.47. The van der Waals surface area contributed by atoms with E-state index in [4.69, 9.17) is 0 Å². The molecule has 0 bridgehead atoms. The summed E-state index contributed by atoms with van der Waals surface area (Å²) in [5.41, 5.74) is -0.673. The fraction of sp³-hybridized carbons (Fsp3) is 0.455. The van der Waals surface area contributed by atoms with Crippen molar-refractivity contribution in [1.29, 1.82) is 0 Å². The van der Waals surface area contributed by atoms with Crippen LogP contribution in [0.4, 0.5) is 4.39 Å². The van der Waals surface area contributed by atoms with E-state index in [9.17, 15) is 9.50 Å². The van der Waals surface area contributed by atoms with E-state index in [1.54, 1.807) is 25.1 Å². The molecule has 1 aliphatic carbocycles. The lowest BCUT2D eigenvalue weighted by atomic mass is 9.93. The van der Waals surface area contributed by atoms with Crippen molar-refractivity contribution in [2.24, 2.45) is 5.92 Å². The van der Waals surface area contributed by atoms with Crippen LogP contribution >= 0.6 is 0 Å². The largest absolute Gasteiger partial charge is 0.508 e. The summed E-state index contributed by atoms with van der Waals surface area (Å²) in [5.74, 6) is 0.288. The van der Waals surface area contributed by atoms with Crippen molar-refractivity contribution in [3.63, 3.8) is 0 Å². The molecule has 0 saturated heterocycles. The average molecular weight is 180 g/mol. The Morgan fingerprint density at radius 3 is 2.69 bits per heavy atom. The van der Waals surface area contributed by atoms with Crippen LogP contribution < -0.4 is 0 Å². The first-order chi connectivity index (χ1) is 6.10. The third-order valence-electron chi connectivity index (χ3n) is 2.75. The van der Waals surface area contributed by atoms with Gasteiger partial charge in [0.1, 0.15) is 11.4 Å². The number of hydrogen-bond acceptors (Lipinski definition) is 1. The molecule has 1 fully saturated rings. The second-order valence-corrected chi connectivity index (χ2v) is 3.90. The fourth-order valence-corrected chi connectivity index (χ4v) is 1.67. The van der Waals surface area contributed by atoms with E-state index in [0.29, 0.717) is 5.56 Å². The van der Waals surface area contributed by atoms with Gasteiger partial charge in [-0.25, -0.2) is 4.39 Å². The van der Waals surface area contributed by atoms with E-state index in [1.807, 2.05) is 0 Å². The Hall–Kier alpha value is -1.05. The first-order valence-electron chi connectivity index (χ1n) is 4.59. The smallest absolute Gasteiger partial charge is 0.136 e. The fourth-order valence-electron chi connectivity index (χ4n) is 1.67. The van der Waals surface area contributed by atoms with Gasteiger partial charge in [-0.2, -0.15) is 0 Å². The van der Waals surface area contributed by atoms with Crippen LogP contribution in [-0.4, -0.2) is 5.11 Å². The monoisotopic (exact) mass is 180 g/mol. The number of benzene rings is 1. The van der Waals surface area contributed by atoms with E-state index < -0.39 is 5.67 Å². The van der Waals surface area contributed by atoms with Crippen LogP contribution in [-0.2, 0) is 5.67 Å². The van der Waals surface area contributed by atoms with Crippen molar-refractivity contribution in [3.8, 4) is 5.75 Å². The third-order valence-corrected chi connectivity index (χ3v) is 2.75. The molecule has 0 aliphatic heterocycles. The predicted octanol–water partition coefficient (Wildman–Crippen LogP) is 2.99. The minimum atomic E-state index is -1.27. The highest BCUT2D eigenvalue weighted by atomic mass is 19.1. The Balaban J connectivity index is 2.33. The van der Waals surface area contributed by atoms with Crippen LogP contribution in [0.5, 0.6) is 5.75 Å². The molecule has 70 valence electrons. The zero-order valence-electron chi connectivity index (χ0n) is 7.63. The van der Waals surface area contributed by atoms with Crippen molar-refractivity contribution in [1.82, 2.24) is 0 Å². The van der Waals surface area contributed by atoms with Crippen molar-refractivity contribution in [3.05, 3.63) is 29.8 Å². The van der Waals surface area contributed by atoms with Gasteiger partial charge in [0.15, 0.2) is 0 Å². The summed E-state index contributed by atoms with van der Waals surface area (Å²) in [4.78, 5) is 0. The quantitative estimate of drug-likeness (QED) is 0.741. The van der Waals surface area contributed by atoms with Gasteiger partial charge in [-0.3, -0.25) is 0 Å². The van der Waals surface area contributed by atoms with Gasteiger partial charge in [-0.1, -0.05) is 12.1 Å². The van der Waals surface area contributed by atoms with Gasteiger partial charge in [0.25, 0.3) is 0 Å². The van der Waals surface area contributed by atoms with Crippen LogP contribution in [0, 0.1) is 5.92 Å². The maximum absolute atomic E-state index is 14.1. The summed E-state index contributed by atoms with van der Waals surface area (Å²) < 4.78 is 14.1. The minimum absolute atomic E-state index is 0.141. The normalized spacial score (nSPS) is 21.1. The van der Waals surface area contributed by atoms with Crippen LogP contribution in [0.25, 0.3) is 0 Å². The minimum Gasteiger partial charge on any atom is -0.508 e. The number of halogens is 1. The molecule has 1 aromatic carbocycles. The second-order valence-electron chi connectivity index (χ2n) is 3.90. The average Bonchev–Trinajstić information content (AvgIpc) is 2.86. The van der Waals surface area contributed by atoms with Gasteiger partial charge < -0.3 is 5.11 Å². The zero-order valence-corrected chi connectivity index (χ0v) is 7.63. The molecule has 1 aliphatic rings. The Bertz CT molecular complexity index is 316. The molecule has 1 N–H and O–H groups in total. The van der Waals surface area contributed by atoms with Gasteiger partial charge in [0.05, 0.1) is 0 Å². The Morgan fingerprint density at radius 1 is 1.46 bits per heavy atom. The first kappa shape index (κ1) is 8.54. The molecule has 0 amide bonds. The van der Waals surface area contributed by atoms with E-state index in [-0.39, 0.29) is 11.7 Å². The topological polar surface area (TPSA) is 20.2 Å². The highest BCUT2D eigenvalue weighted by molar-refractivity contribution is 5.32. The van der Waals surface area contributed by atoms with Crippen molar-refractivity contribution in [2.75, 3.05) is 0 Å². The molecule has 1 unspecified atom stereocenters. The second kappa shape index (κ2) is 2.72. The molecule has 0 spiro atoms. The Morgan fingerprint density at radius 2 is 2.15 bits per heavy atom. The summed E-state index contributed by atoms with van der Waals surface area (Å²) in [5, 5.41) is 9.21. The van der Waals surface area contributed by atoms with Crippen LogP contribution in [0.3, 0.4) is 0 Å². The molecule has 1 aromatic rings. The summed E-state index contributed by atoms with van der Waals surface area (Å²) in [6, 6.07) is 6.49. The molecule has 0 aromatic heterocycles. The lowest BCUT2D eigenvalue weighted by molar-refractivity contribution is 0.158. The first-order valence-corrected chi connectivity index (χ1v) is 4.59. The number of hydrogen-bond donors (Lipinski definition) is 1. The number of alkyl halides is 1. The maximum Gasteiger partial charge on any atom is 0.136 e. The Kier molecular flexibility index (Phi) is 1.79. The van der Waals surface area contributed by atoms with Gasteiger partial charge in [-0.05, 0) is 43.4 Å². The lowest BCUT2D eigenvalue weighted by Crippen LogP contribution is -2.17. The number of aromatic hydroxyl groups is 1. The molecule has 2 heteroatoms. The lowest BCUT2D eigenvalue weighted by Gasteiger charge is -2.20. The summed E-state index contributed by atoms with van der Waals surface area (Å²) >= 11 is 0. The summed E-state index contributed by atoms with van der Waals surface area (Å²) in [6.45, 7) is 1.60. The Labute approximate surface area is 77.2 Å². The number of phenolic OH excluding ortho intramolecular Hbond substituents is 1. The SMILES string of the molecule is CC(F)(c1cccc(O)c1)C1CC1. The molecule has 0 heterocycles. The third kappa shape index (κ3) is 1.53. The van der Waals surface area contributed by atoms with Gasteiger partial charge >= 0.3 is 0 Å². The van der Waals surface area contributed by atoms with E-state index in [2.05, 4.69) is 0 Å². The number of phenols is 1. The van der Waals surface area contributed by atoms with Gasteiger partial charge in [0.2, 0.25) is 0 Å². The molecule has 0 radical (unpaired) electrons. The van der Waals surface area contributed by atoms with E-state index >= 15 is 0 Å². The van der Waals surface area contributed by atoms with E-state index in [0.717, 1.165) is 12.8 Å². The highest BCUT2D eigenvalue weighted by Crippen LogP contribution is 2.48. The molecular formula is C11H13FO. The standard InChI is InChI=1S/C11H13FO/c1-11(12,8-5-6-8)9-3-2-4-10(13)7-9/h2-4,7-8,13H,5-6H2,1H3.